The maximum atomic E-state index is 11.5. The molecule has 2 aliphatic heterocycles. The minimum absolute atomic E-state index is 0.0333. The zero-order valence-electron chi connectivity index (χ0n) is 9.81. The monoisotopic (exact) mass is 304 g/mol. The Labute approximate surface area is 120 Å². The van der Waals surface area contributed by atoms with Gasteiger partial charge in [0, 0.05) is 12.8 Å². The van der Waals surface area contributed by atoms with Crippen LogP contribution in [0.15, 0.2) is 0 Å². The molecule has 2 saturated heterocycles. The van der Waals surface area contributed by atoms with Crippen molar-refractivity contribution in [1.29, 1.82) is 0 Å². The van der Waals surface area contributed by atoms with Crippen molar-refractivity contribution in [1.82, 2.24) is 9.80 Å². The van der Waals surface area contributed by atoms with Crippen molar-refractivity contribution in [2.45, 2.75) is 23.3 Å². The van der Waals surface area contributed by atoms with Gasteiger partial charge in [0.25, 0.3) is 0 Å². The molecule has 2 aliphatic rings. The van der Waals surface area contributed by atoms with Gasteiger partial charge >= 0.3 is 0 Å². The molecule has 104 valence electrons. The van der Waals surface area contributed by atoms with Crippen LogP contribution in [0.5, 0.6) is 0 Å². The van der Waals surface area contributed by atoms with Gasteiger partial charge in [-0.05, 0) is 0 Å². The third-order valence-corrected chi connectivity index (χ3v) is 3.69. The Morgan fingerprint density at radius 1 is 0.895 bits per heavy atom. The molecular formula is C10H12N2O5S2. The van der Waals surface area contributed by atoms with Crippen molar-refractivity contribution in [2.75, 3.05) is 13.5 Å². The van der Waals surface area contributed by atoms with E-state index >= 15 is 0 Å². The summed E-state index contributed by atoms with van der Waals surface area (Å²) >= 11 is 7.92. The minimum Gasteiger partial charge on any atom is -0.340 e. The van der Waals surface area contributed by atoms with Crippen LogP contribution in [0.4, 0.5) is 0 Å². The summed E-state index contributed by atoms with van der Waals surface area (Å²) in [6, 6.07) is 0. The predicted molar refractivity (Wildman–Crippen MR) is 69.3 cm³/mol. The van der Waals surface area contributed by atoms with E-state index in [4.69, 9.17) is 4.74 Å². The number of imide groups is 2. The molecule has 0 bridgehead atoms. The van der Waals surface area contributed by atoms with Crippen molar-refractivity contribution in [3.05, 3.63) is 0 Å². The first kappa shape index (κ1) is 14.4. The number of carbonyl (C=O) groups is 4. The molecule has 0 aliphatic carbocycles. The summed E-state index contributed by atoms with van der Waals surface area (Å²) in [6.45, 7) is -0.577. The maximum absolute atomic E-state index is 11.5. The standard InChI is InChI=1S/C10H12N2O5S2/c13-7-1-5(18)9(15)11(7)3-17-4-12-8(14)2-6(19)10(12)16/h5-6,18-19H,1-4H2/t5-,6-/m1/s1. The zero-order valence-corrected chi connectivity index (χ0v) is 11.6. The molecule has 0 aromatic rings. The van der Waals surface area contributed by atoms with E-state index < -0.39 is 22.3 Å². The highest BCUT2D eigenvalue weighted by atomic mass is 32.1. The van der Waals surface area contributed by atoms with Crippen molar-refractivity contribution in [2.24, 2.45) is 0 Å². The Hall–Kier alpha value is -1.06. The average Bonchev–Trinajstić information content (AvgIpc) is 2.72. The first-order chi connectivity index (χ1) is 8.91. The fourth-order valence-corrected chi connectivity index (χ4v) is 2.42. The van der Waals surface area contributed by atoms with Gasteiger partial charge in [0.15, 0.2) is 0 Å². The number of hydrogen-bond donors (Lipinski definition) is 2. The van der Waals surface area contributed by atoms with Crippen LogP contribution in [-0.2, 0) is 23.9 Å². The lowest BCUT2D eigenvalue weighted by Gasteiger charge is -2.18. The van der Waals surface area contributed by atoms with E-state index in [1.165, 1.54) is 0 Å². The highest BCUT2D eigenvalue weighted by molar-refractivity contribution is 7.82. The average molecular weight is 304 g/mol. The van der Waals surface area contributed by atoms with Crippen molar-refractivity contribution >= 4 is 48.9 Å². The SMILES string of the molecule is O=C1C[C@@H](S)C(=O)N1COCN1C(=O)C[C@@H](S)C1=O. The van der Waals surface area contributed by atoms with E-state index in [0.717, 1.165) is 9.80 Å². The van der Waals surface area contributed by atoms with E-state index in [1.807, 2.05) is 0 Å². The van der Waals surface area contributed by atoms with Gasteiger partial charge in [-0.1, -0.05) is 0 Å². The molecule has 0 unspecified atom stereocenters. The first-order valence-electron chi connectivity index (χ1n) is 5.54. The normalized spacial score (nSPS) is 27.9. The minimum atomic E-state index is -0.645. The van der Waals surface area contributed by atoms with Gasteiger partial charge in [0.2, 0.25) is 23.6 Å². The molecule has 2 atom stereocenters. The van der Waals surface area contributed by atoms with Crippen LogP contribution in [0, 0.1) is 0 Å². The van der Waals surface area contributed by atoms with Gasteiger partial charge in [-0.3, -0.25) is 29.0 Å². The Balaban J connectivity index is 1.84. The van der Waals surface area contributed by atoms with Crippen LogP contribution in [0.3, 0.4) is 0 Å². The van der Waals surface area contributed by atoms with E-state index in [0.29, 0.717) is 0 Å². The molecule has 0 N–H and O–H groups in total. The Morgan fingerprint density at radius 2 is 1.26 bits per heavy atom. The number of carbonyl (C=O) groups excluding carboxylic acids is 4. The molecule has 0 radical (unpaired) electrons. The Bertz CT molecular complexity index is 415. The largest absolute Gasteiger partial charge is 0.340 e. The highest BCUT2D eigenvalue weighted by Crippen LogP contribution is 2.19. The molecule has 7 nitrogen and oxygen atoms in total. The fraction of sp³-hybridized carbons (Fsp3) is 0.600. The zero-order chi connectivity index (χ0) is 14.2. The topological polar surface area (TPSA) is 84.0 Å². The number of rotatable bonds is 4. The number of ether oxygens (including phenoxy) is 1. The van der Waals surface area contributed by atoms with Gasteiger partial charge in [0.1, 0.15) is 13.5 Å². The Kier molecular flexibility index (Phi) is 4.16. The number of thiol groups is 2. The fourth-order valence-electron chi connectivity index (χ4n) is 1.83. The summed E-state index contributed by atoms with van der Waals surface area (Å²) in [7, 11) is 0. The van der Waals surface area contributed by atoms with E-state index in [1.54, 1.807) is 0 Å². The molecular weight excluding hydrogens is 292 g/mol. The summed E-state index contributed by atoms with van der Waals surface area (Å²) < 4.78 is 5.08. The van der Waals surface area contributed by atoms with Crippen LogP contribution in [0.25, 0.3) is 0 Å². The van der Waals surface area contributed by atoms with Gasteiger partial charge in [-0.25, -0.2) is 0 Å². The van der Waals surface area contributed by atoms with Gasteiger partial charge in [-0.2, -0.15) is 25.3 Å². The summed E-state index contributed by atoms with van der Waals surface area (Å²) in [5.41, 5.74) is 0. The molecule has 0 spiro atoms. The molecule has 0 aromatic carbocycles. The van der Waals surface area contributed by atoms with E-state index in [9.17, 15) is 19.2 Å². The van der Waals surface area contributed by atoms with Gasteiger partial charge < -0.3 is 4.74 Å². The highest BCUT2D eigenvalue weighted by Gasteiger charge is 2.38. The molecule has 2 fully saturated rings. The second-order valence-electron chi connectivity index (χ2n) is 4.22. The summed E-state index contributed by atoms with van der Waals surface area (Å²) in [4.78, 5) is 47.7. The number of nitrogens with zero attached hydrogens (tertiary/aromatic N) is 2. The molecule has 2 heterocycles. The van der Waals surface area contributed by atoms with Crippen LogP contribution >= 0.6 is 25.3 Å². The second-order valence-corrected chi connectivity index (χ2v) is 5.47. The maximum Gasteiger partial charge on any atom is 0.244 e. The summed E-state index contributed by atoms with van der Waals surface area (Å²) in [5.74, 6) is -1.62. The van der Waals surface area contributed by atoms with Gasteiger partial charge in [0.05, 0.1) is 10.5 Å². The number of likely N-dealkylation sites (tertiary alicyclic amines) is 2. The van der Waals surface area contributed by atoms with Crippen molar-refractivity contribution in [3.8, 4) is 0 Å². The second kappa shape index (κ2) is 5.51. The molecule has 0 saturated carbocycles. The van der Waals surface area contributed by atoms with E-state index in [2.05, 4.69) is 25.3 Å². The Morgan fingerprint density at radius 3 is 1.53 bits per heavy atom. The third kappa shape index (κ3) is 2.77. The summed E-state index contributed by atoms with van der Waals surface area (Å²) in [6.07, 6.45) is 0.0667. The molecule has 2 rings (SSSR count). The molecule has 0 aromatic heterocycles. The third-order valence-electron chi connectivity index (χ3n) is 2.88. The molecule has 4 amide bonds. The van der Waals surface area contributed by atoms with Crippen LogP contribution in [0.1, 0.15) is 12.8 Å². The van der Waals surface area contributed by atoms with Crippen LogP contribution < -0.4 is 0 Å². The van der Waals surface area contributed by atoms with Gasteiger partial charge in [-0.15, -0.1) is 0 Å². The predicted octanol–water partition coefficient (Wildman–Crippen LogP) is -0.967. The lowest BCUT2D eigenvalue weighted by atomic mass is 10.4. The first-order valence-corrected chi connectivity index (χ1v) is 6.57. The smallest absolute Gasteiger partial charge is 0.244 e. The molecule has 9 heteroatoms. The quantitative estimate of drug-likeness (QED) is 0.516. The molecule has 19 heavy (non-hydrogen) atoms. The van der Waals surface area contributed by atoms with Crippen LogP contribution in [-0.4, -0.2) is 57.4 Å². The lowest BCUT2D eigenvalue weighted by molar-refractivity contribution is -0.151. The number of hydrogen-bond acceptors (Lipinski definition) is 7. The van der Waals surface area contributed by atoms with Crippen molar-refractivity contribution < 1.29 is 23.9 Å². The van der Waals surface area contributed by atoms with E-state index in [-0.39, 0.29) is 38.1 Å². The van der Waals surface area contributed by atoms with Crippen molar-refractivity contribution in [3.63, 3.8) is 0 Å². The lowest BCUT2D eigenvalue weighted by Crippen LogP contribution is -2.38. The summed E-state index contributed by atoms with van der Waals surface area (Å²) in [5, 5.41) is -1.29. The van der Waals surface area contributed by atoms with Crippen LogP contribution in [0.2, 0.25) is 0 Å². The number of amides is 4.